The Morgan fingerprint density at radius 3 is 2.80 bits per heavy atom. The van der Waals surface area contributed by atoms with Crippen LogP contribution in [0.2, 0.25) is 0 Å². The van der Waals surface area contributed by atoms with Gasteiger partial charge in [-0.1, -0.05) is 30.3 Å². The van der Waals surface area contributed by atoms with E-state index in [0.29, 0.717) is 13.0 Å². The molecule has 0 fully saturated rings. The van der Waals surface area contributed by atoms with Crippen molar-refractivity contribution in [3.63, 3.8) is 0 Å². The van der Waals surface area contributed by atoms with Crippen molar-refractivity contribution in [2.75, 3.05) is 0 Å². The molecule has 1 heterocycles. The number of rotatable bonds is 5. The van der Waals surface area contributed by atoms with E-state index in [0.717, 1.165) is 15.4 Å². The van der Waals surface area contributed by atoms with Crippen LogP contribution < -0.4 is 5.32 Å². The molecule has 20 heavy (non-hydrogen) atoms. The third kappa shape index (κ3) is 3.90. The maximum atomic E-state index is 12.0. The van der Waals surface area contributed by atoms with E-state index in [4.69, 9.17) is 5.26 Å². The molecule has 5 heteroatoms. The van der Waals surface area contributed by atoms with Crippen LogP contribution in [0.5, 0.6) is 0 Å². The summed E-state index contributed by atoms with van der Waals surface area (Å²) in [6, 6.07) is 11.6. The zero-order valence-corrected chi connectivity index (χ0v) is 12.0. The van der Waals surface area contributed by atoms with Crippen molar-refractivity contribution in [2.24, 2.45) is 5.92 Å². The second-order valence-electron chi connectivity index (χ2n) is 4.43. The lowest BCUT2D eigenvalue weighted by Crippen LogP contribution is -2.30. The minimum atomic E-state index is -0.661. The van der Waals surface area contributed by atoms with Crippen molar-refractivity contribution in [1.82, 2.24) is 10.3 Å². The minimum absolute atomic E-state index is 0.234. The van der Waals surface area contributed by atoms with E-state index in [9.17, 15) is 4.79 Å². The number of carbonyl (C=O) groups excluding carboxylic acids is 1. The van der Waals surface area contributed by atoms with Gasteiger partial charge in [-0.2, -0.15) is 5.26 Å². The van der Waals surface area contributed by atoms with Gasteiger partial charge in [0.2, 0.25) is 5.91 Å². The molecule has 4 nitrogen and oxygen atoms in total. The molecule has 1 unspecified atom stereocenters. The van der Waals surface area contributed by atoms with Crippen LogP contribution in [0.25, 0.3) is 0 Å². The molecule has 102 valence electrons. The Bertz CT molecular complexity index is 616. The smallest absolute Gasteiger partial charge is 0.237 e. The Labute approximate surface area is 122 Å². The summed E-state index contributed by atoms with van der Waals surface area (Å²) >= 11 is 1.54. The second kappa shape index (κ2) is 6.83. The predicted octanol–water partition coefficient (Wildman–Crippen LogP) is 2.45. The van der Waals surface area contributed by atoms with Crippen LogP contribution in [-0.2, 0) is 17.8 Å². The number of nitrogens with one attached hydrogen (secondary N) is 1. The molecule has 1 atom stereocenters. The third-order valence-corrected chi connectivity index (χ3v) is 3.77. The monoisotopic (exact) mass is 285 g/mol. The maximum Gasteiger partial charge on any atom is 0.237 e. The highest BCUT2D eigenvalue weighted by atomic mass is 32.1. The largest absolute Gasteiger partial charge is 0.350 e. The van der Waals surface area contributed by atoms with E-state index in [1.165, 1.54) is 0 Å². The Kier molecular flexibility index (Phi) is 4.85. The van der Waals surface area contributed by atoms with Crippen LogP contribution in [0.4, 0.5) is 0 Å². The number of hydrogen-bond donors (Lipinski definition) is 1. The Morgan fingerprint density at radius 1 is 1.45 bits per heavy atom. The molecule has 0 radical (unpaired) electrons. The molecule has 0 saturated heterocycles. The zero-order chi connectivity index (χ0) is 14.4. The first-order valence-corrected chi connectivity index (χ1v) is 7.13. The van der Waals surface area contributed by atoms with Crippen LogP contribution in [0.3, 0.4) is 0 Å². The normalized spacial score (nSPS) is 11.6. The highest BCUT2D eigenvalue weighted by Crippen LogP contribution is 2.12. The lowest BCUT2D eigenvalue weighted by atomic mass is 10.00. The number of nitriles is 1. The van der Waals surface area contributed by atoms with Gasteiger partial charge in [-0.3, -0.25) is 4.79 Å². The standard InChI is InChI=1S/C15H15N3OS/c1-11-17-9-14(20-11)10-18-15(19)13(8-16)7-12-5-3-2-4-6-12/h2-6,9,13H,7,10H2,1H3,(H,18,19). The van der Waals surface area contributed by atoms with Gasteiger partial charge in [0.25, 0.3) is 0 Å². The molecule has 0 spiro atoms. The van der Waals surface area contributed by atoms with E-state index in [1.807, 2.05) is 37.3 Å². The molecule has 1 N–H and O–H groups in total. The Hall–Kier alpha value is -2.19. The summed E-state index contributed by atoms with van der Waals surface area (Å²) in [4.78, 5) is 17.1. The van der Waals surface area contributed by atoms with Crippen molar-refractivity contribution in [3.05, 3.63) is 52.0 Å². The lowest BCUT2D eigenvalue weighted by Gasteiger charge is -2.09. The number of aryl methyl sites for hydroxylation is 1. The van der Waals surface area contributed by atoms with Gasteiger partial charge in [0, 0.05) is 11.1 Å². The summed E-state index contributed by atoms with van der Waals surface area (Å²) in [5.74, 6) is -0.895. The van der Waals surface area contributed by atoms with Gasteiger partial charge in [-0.15, -0.1) is 11.3 Å². The van der Waals surface area contributed by atoms with Crippen LogP contribution in [0, 0.1) is 24.2 Å². The second-order valence-corrected chi connectivity index (χ2v) is 5.75. The first-order chi connectivity index (χ1) is 9.69. The van der Waals surface area contributed by atoms with Gasteiger partial charge in [-0.25, -0.2) is 4.98 Å². The van der Waals surface area contributed by atoms with Gasteiger partial charge in [0.1, 0.15) is 5.92 Å². The van der Waals surface area contributed by atoms with E-state index in [1.54, 1.807) is 17.5 Å². The van der Waals surface area contributed by atoms with E-state index in [2.05, 4.69) is 16.4 Å². The van der Waals surface area contributed by atoms with E-state index >= 15 is 0 Å². The number of carbonyl (C=O) groups is 1. The van der Waals surface area contributed by atoms with Crippen LogP contribution in [0.15, 0.2) is 36.5 Å². The number of hydrogen-bond acceptors (Lipinski definition) is 4. The maximum absolute atomic E-state index is 12.0. The van der Waals surface area contributed by atoms with Crippen molar-refractivity contribution >= 4 is 17.2 Å². The molecule has 0 bridgehead atoms. The highest BCUT2D eigenvalue weighted by molar-refractivity contribution is 7.11. The summed E-state index contributed by atoms with van der Waals surface area (Å²) in [6.07, 6.45) is 2.18. The van der Waals surface area contributed by atoms with Crippen LogP contribution >= 0.6 is 11.3 Å². The van der Waals surface area contributed by atoms with Gasteiger partial charge in [0.15, 0.2) is 0 Å². The molecular weight excluding hydrogens is 270 g/mol. The van der Waals surface area contributed by atoms with Crippen molar-refractivity contribution in [2.45, 2.75) is 19.9 Å². The fourth-order valence-corrected chi connectivity index (χ4v) is 2.57. The Morgan fingerprint density at radius 2 is 2.20 bits per heavy atom. The number of benzene rings is 1. The van der Waals surface area contributed by atoms with Gasteiger partial charge in [0.05, 0.1) is 17.6 Å². The van der Waals surface area contributed by atoms with Gasteiger partial charge < -0.3 is 5.32 Å². The summed E-state index contributed by atoms with van der Waals surface area (Å²) in [7, 11) is 0. The van der Waals surface area contributed by atoms with Crippen molar-refractivity contribution in [1.29, 1.82) is 5.26 Å². The molecule has 0 aliphatic rings. The van der Waals surface area contributed by atoms with Gasteiger partial charge in [-0.05, 0) is 18.9 Å². The van der Waals surface area contributed by atoms with E-state index in [-0.39, 0.29) is 5.91 Å². The minimum Gasteiger partial charge on any atom is -0.350 e. The topological polar surface area (TPSA) is 65.8 Å². The quantitative estimate of drug-likeness (QED) is 0.917. The average Bonchev–Trinajstić information content (AvgIpc) is 2.89. The molecule has 0 aliphatic heterocycles. The zero-order valence-electron chi connectivity index (χ0n) is 11.2. The molecule has 2 aromatic rings. The summed E-state index contributed by atoms with van der Waals surface area (Å²) in [5, 5.41) is 12.9. The fraction of sp³-hybridized carbons (Fsp3) is 0.267. The van der Waals surface area contributed by atoms with Crippen LogP contribution in [-0.4, -0.2) is 10.9 Å². The first kappa shape index (κ1) is 14.2. The van der Waals surface area contributed by atoms with E-state index < -0.39 is 5.92 Å². The summed E-state index contributed by atoms with van der Waals surface area (Å²) in [5.41, 5.74) is 0.989. The number of amides is 1. The molecular formula is C15H15N3OS. The molecule has 2 rings (SSSR count). The molecule has 1 aromatic carbocycles. The van der Waals surface area contributed by atoms with Crippen molar-refractivity contribution < 1.29 is 4.79 Å². The lowest BCUT2D eigenvalue weighted by molar-refractivity contribution is -0.123. The molecule has 0 saturated carbocycles. The average molecular weight is 285 g/mol. The number of aromatic nitrogens is 1. The SMILES string of the molecule is Cc1ncc(CNC(=O)C(C#N)Cc2ccccc2)s1. The molecule has 1 aromatic heterocycles. The highest BCUT2D eigenvalue weighted by Gasteiger charge is 2.18. The number of thiazole rings is 1. The first-order valence-electron chi connectivity index (χ1n) is 6.31. The summed E-state index contributed by atoms with van der Waals surface area (Å²) in [6.45, 7) is 2.35. The van der Waals surface area contributed by atoms with Crippen molar-refractivity contribution in [3.8, 4) is 6.07 Å². The van der Waals surface area contributed by atoms with Crippen LogP contribution in [0.1, 0.15) is 15.4 Å². The molecule has 0 aliphatic carbocycles. The Balaban J connectivity index is 1.91. The number of nitrogens with zero attached hydrogens (tertiary/aromatic N) is 2. The summed E-state index contributed by atoms with van der Waals surface area (Å²) < 4.78 is 0. The predicted molar refractivity (Wildman–Crippen MR) is 77.9 cm³/mol. The molecule has 1 amide bonds. The fourth-order valence-electron chi connectivity index (χ4n) is 1.83. The van der Waals surface area contributed by atoms with Gasteiger partial charge >= 0.3 is 0 Å². The third-order valence-electron chi connectivity index (χ3n) is 2.86.